The molecule has 0 unspecified atom stereocenters. The molecule has 1 aliphatic heterocycles. The molecule has 0 amide bonds. The Hall–Kier alpha value is -1.72. The van der Waals surface area contributed by atoms with Crippen LogP contribution in [0.25, 0.3) is 11.1 Å². The van der Waals surface area contributed by atoms with Crippen LogP contribution in [0.4, 0.5) is 0 Å². The molecule has 1 aromatic carbocycles. The molecule has 1 aromatic heterocycles. The average molecular weight is 282 g/mol. The van der Waals surface area contributed by atoms with Crippen LogP contribution in [0.5, 0.6) is 0 Å². The molecule has 2 heterocycles. The first-order valence-corrected chi connectivity index (χ1v) is 7.10. The fraction of sp³-hybridized carbons (Fsp3) is 0.375. The lowest BCUT2D eigenvalue weighted by Gasteiger charge is -2.32. The van der Waals surface area contributed by atoms with Gasteiger partial charge in [0.2, 0.25) is 0 Å². The minimum Gasteiger partial charge on any atom is -0.399 e. The second-order valence-electron chi connectivity index (χ2n) is 6.34. The molecule has 5 heteroatoms. The Labute approximate surface area is 125 Å². The van der Waals surface area contributed by atoms with Gasteiger partial charge in [0.25, 0.3) is 0 Å². The van der Waals surface area contributed by atoms with Gasteiger partial charge in [0.15, 0.2) is 0 Å². The highest BCUT2D eigenvalue weighted by molar-refractivity contribution is 6.62. The van der Waals surface area contributed by atoms with Crippen LogP contribution in [0.2, 0.25) is 0 Å². The van der Waals surface area contributed by atoms with Gasteiger partial charge in [-0.2, -0.15) is 0 Å². The number of hydrogen-bond donors (Lipinski definition) is 0. The van der Waals surface area contributed by atoms with Gasteiger partial charge >= 0.3 is 7.12 Å². The predicted molar refractivity (Wildman–Crippen MR) is 83.2 cm³/mol. The third kappa shape index (κ3) is 2.59. The fourth-order valence-electron chi connectivity index (χ4n) is 2.26. The van der Waals surface area contributed by atoms with E-state index in [1.165, 1.54) is 6.33 Å². The van der Waals surface area contributed by atoms with E-state index in [1.54, 1.807) is 12.4 Å². The first-order valence-electron chi connectivity index (χ1n) is 7.10. The van der Waals surface area contributed by atoms with Crippen LogP contribution in [-0.2, 0) is 9.31 Å². The smallest absolute Gasteiger partial charge is 0.399 e. The molecule has 0 bridgehead atoms. The fourth-order valence-corrected chi connectivity index (χ4v) is 2.26. The van der Waals surface area contributed by atoms with Crippen LogP contribution in [0.3, 0.4) is 0 Å². The molecule has 4 nitrogen and oxygen atoms in total. The molecule has 108 valence electrons. The Morgan fingerprint density at radius 1 is 0.810 bits per heavy atom. The number of nitrogens with zero attached hydrogens (tertiary/aromatic N) is 2. The molecule has 1 saturated heterocycles. The summed E-state index contributed by atoms with van der Waals surface area (Å²) in [5, 5.41) is 0. The number of benzene rings is 1. The summed E-state index contributed by atoms with van der Waals surface area (Å²) in [6.07, 6.45) is 5.13. The van der Waals surface area contributed by atoms with Gasteiger partial charge in [-0.1, -0.05) is 24.3 Å². The van der Waals surface area contributed by atoms with Gasteiger partial charge in [0, 0.05) is 18.0 Å². The van der Waals surface area contributed by atoms with Gasteiger partial charge in [-0.3, -0.25) is 0 Å². The quantitative estimate of drug-likeness (QED) is 0.794. The summed E-state index contributed by atoms with van der Waals surface area (Å²) < 4.78 is 12.1. The number of rotatable bonds is 2. The Balaban J connectivity index is 1.83. The van der Waals surface area contributed by atoms with E-state index in [2.05, 4.69) is 37.7 Å². The van der Waals surface area contributed by atoms with Crippen molar-refractivity contribution in [2.24, 2.45) is 0 Å². The van der Waals surface area contributed by atoms with Crippen molar-refractivity contribution in [2.45, 2.75) is 38.9 Å². The Morgan fingerprint density at radius 2 is 1.33 bits per heavy atom. The summed E-state index contributed by atoms with van der Waals surface area (Å²) in [5.74, 6) is 0. The highest BCUT2D eigenvalue weighted by atomic mass is 16.7. The minimum absolute atomic E-state index is 0.316. The van der Waals surface area contributed by atoms with E-state index in [4.69, 9.17) is 9.31 Å². The van der Waals surface area contributed by atoms with Crippen LogP contribution in [-0.4, -0.2) is 28.3 Å². The van der Waals surface area contributed by atoms with Gasteiger partial charge in [-0.25, -0.2) is 9.97 Å². The first kappa shape index (κ1) is 14.2. The standard InChI is InChI=1S/C16H19BN2O2/c1-15(2)16(3,4)21-17(20-15)14-7-5-12(6-8-14)13-9-18-11-19-10-13/h5-11H,1-4H3. The third-order valence-electron chi connectivity index (χ3n) is 4.33. The van der Waals surface area contributed by atoms with Crippen molar-refractivity contribution in [3.8, 4) is 11.1 Å². The normalized spacial score (nSPS) is 19.7. The topological polar surface area (TPSA) is 44.2 Å². The Morgan fingerprint density at radius 3 is 1.86 bits per heavy atom. The van der Waals surface area contributed by atoms with Gasteiger partial charge in [0.05, 0.1) is 11.2 Å². The molecule has 3 rings (SSSR count). The minimum atomic E-state index is -0.323. The zero-order valence-electron chi connectivity index (χ0n) is 12.8. The second kappa shape index (κ2) is 4.93. The average Bonchev–Trinajstić information content (AvgIpc) is 2.69. The van der Waals surface area contributed by atoms with E-state index in [-0.39, 0.29) is 18.3 Å². The maximum atomic E-state index is 6.05. The van der Waals surface area contributed by atoms with Crippen LogP contribution in [0, 0.1) is 0 Å². The molecule has 0 spiro atoms. The van der Waals surface area contributed by atoms with E-state index in [1.807, 2.05) is 24.3 Å². The number of hydrogen-bond acceptors (Lipinski definition) is 4. The van der Waals surface area contributed by atoms with Crippen molar-refractivity contribution >= 4 is 12.6 Å². The lowest BCUT2D eigenvalue weighted by molar-refractivity contribution is 0.00578. The molecular formula is C16H19BN2O2. The largest absolute Gasteiger partial charge is 0.494 e. The zero-order chi connectivity index (χ0) is 15.1. The number of aromatic nitrogens is 2. The molecule has 2 aromatic rings. The molecule has 0 N–H and O–H groups in total. The monoisotopic (exact) mass is 282 g/mol. The van der Waals surface area contributed by atoms with Crippen LogP contribution < -0.4 is 5.46 Å². The molecule has 21 heavy (non-hydrogen) atoms. The van der Waals surface area contributed by atoms with E-state index in [0.29, 0.717) is 0 Å². The van der Waals surface area contributed by atoms with E-state index in [9.17, 15) is 0 Å². The lowest BCUT2D eigenvalue weighted by Crippen LogP contribution is -2.41. The SMILES string of the molecule is CC1(C)OB(c2ccc(-c3cncnc3)cc2)OC1(C)C. The maximum Gasteiger partial charge on any atom is 0.494 e. The summed E-state index contributed by atoms with van der Waals surface area (Å²) >= 11 is 0. The van der Waals surface area contributed by atoms with E-state index < -0.39 is 0 Å². The van der Waals surface area contributed by atoms with E-state index in [0.717, 1.165) is 16.6 Å². The second-order valence-corrected chi connectivity index (χ2v) is 6.34. The summed E-state index contributed by atoms with van der Waals surface area (Å²) in [5.41, 5.74) is 2.47. The summed E-state index contributed by atoms with van der Waals surface area (Å²) in [6, 6.07) is 8.15. The van der Waals surface area contributed by atoms with Crippen molar-refractivity contribution in [3.63, 3.8) is 0 Å². The van der Waals surface area contributed by atoms with Gasteiger partial charge in [-0.15, -0.1) is 0 Å². The van der Waals surface area contributed by atoms with Crippen molar-refractivity contribution < 1.29 is 9.31 Å². The highest BCUT2D eigenvalue weighted by Gasteiger charge is 2.51. The van der Waals surface area contributed by atoms with Gasteiger partial charge in [-0.05, 0) is 38.7 Å². The van der Waals surface area contributed by atoms with Crippen molar-refractivity contribution in [1.29, 1.82) is 0 Å². The summed E-state index contributed by atoms with van der Waals surface area (Å²) in [6.45, 7) is 8.23. The summed E-state index contributed by atoms with van der Waals surface area (Å²) in [4.78, 5) is 8.08. The van der Waals surface area contributed by atoms with E-state index >= 15 is 0 Å². The third-order valence-corrected chi connectivity index (χ3v) is 4.33. The maximum absolute atomic E-state index is 6.05. The van der Waals surface area contributed by atoms with Crippen LogP contribution in [0.1, 0.15) is 27.7 Å². The molecule has 1 fully saturated rings. The van der Waals surface area contributed by atoms with Gasteiger partial charge < -0.3 is 9.31 Å². The molecule has 1 aliphatic rings. The zero-order valence-corrected chi connectivity index (χ0v) is 12.8. The van der Waals surface area contributed by atoms with Crippen molar-refractivity contribution in [3.05, 3.63) is 43.0 Å². The molecule has 0 saturated carbocycles. The molecular weight excluding hydrogens is 263 g/mol. The van der Waals surface area contributed by atoms with Gasteiger partial charge in [0.1, 0.15) is 6.33 Å². The predicted octanol–water partition coefficient (Wildman–Crippen LogP) is 2.44. The first-order chi connectivity index (χ1) is 9.89. The molecule has 0 atom stereocenters. The van der Waals surface area contributed by atoms with Crippen molar-refractivity contribution in [2.75, 3.05) is 0 Å². The molecule has 0 aliphatic carbocycles. The van der Waals surface area contributed by atoms with Crippen LogP contribution in [0.15, 0.2) is 43.0 Å². The highest BCUT2D eigenvalue weighted by Crippen LogP contribution is 2.36. The summed E-state index contributed by atoms with van der Waals surface area (Å²) in [7, 11) is -0.323. The lowest BCUT2D eigenvalue weighted by atomic mass is 9.78. The van der Waals surface area contributed by atoms with Crippen LogP contribution >= 0.6 is 0 Å². The Bertz CT molecular complexity index is 610. The Kier molecular flexibility index (Phi) is 3.34. The molecule has 0 radical (unpaired) electrons. The van der Waals surface area contributed by atoms with Crippen molar-refractivity contribution in [1.82, 2.24) is 9.97 Å².